The molecule has 2 aromatic rings. The van der Waals surface area contributed by atoms with Gasteiger partial charge in [0.05, 0.1) is 0 Å². The maximum absolute atomic E-state index is 10.8. The van der Waals surface area contributed by atoms with Gasteiger partial charge in [0, 0.05) is 22.0 Å². The molecule has 0 fully saturated rings. The van der Waals surface area contributed by atoms with E-state index in [1.165, 1.54) is 6.08 Å². The average molecular weight is 207 g/mol. The highest BCUT2D eigenvalue weighted by Crippen LogP contribution is 2.28. The van der Waals surface area contributed by atoms with Gasteiger partial charge >= 0.3 is 0 Å². The minimum absolute atomic E-state index is 0.0544. The summed E-state index contributed by atoms with van der Waals surface area (Å²) < 4.78 is 26.8. The van der Waals surface area contributed by atoms with E-state index in [0.717, 1.165) is 5.39 Å². The molecular weight excluding hydrogens is 200 g/mol. The van der Waals surface area contributed by atoms with Gasteiger partial charge in [0.15, 0.2) is 5.09 Å². The van der Waals surface area contributed by atoms with Gasteiger partial charge in [-0.2, -0.15) is 0 Å². The second kappa shape index (κ2) is 3.40. The first-order valence-corrected chi connectivity index (χ1v) is 5.04. The summed E-state index contributed by atoms with van der Waals surface area (Å²) in [5, 5.41) is 0.711. The highest BCUT2D eigenvalue weighted by Gasteiger charge is 2.10. The molecule has 0 aliphatic rings. The first-order chi connectivity index (χ1) is 6.74. The quantitative estimate of drug-likeness (QED) is 0.710. The number of rotatable bonds is 2. The molecule has 0 saturated heterocycles. The lowest BCUT2D eigenvalue weighted by Crippen LogP contribution is -1.87. The summed E-state index contributed by atoms with van der Waals surface area (Å²) in [6.45, 7) is 3.56. The van der Waals surface area contributed by atoms with E-state index in [-0.39, 0.29) is 5.09 Å². The predicted molar refractivity (Wildman–Crippen MR) is 53.5 cm³/mol. The first kappa shape index (κ1) is 9.18. The SMILES string of the molecule is C=Cc1c(S(=O)[O-])oc2ccccc12. The Balaban J connectivity index is 2.85. The largest absolute Gasteiger partial charge is 0.766 e. The van der Waals surface area contributed by atoms with E-state index < -0.39 is 11.1 Å². The van der Waals surface area contributed by atoms with Crippen molar-refractivity contribution in [3.63, 3.8) is 0 Å². The van der Waals surface area contributed by atoms with Crippen molar-refractivity contribution < 1.29 is 13.2 Å². The molecule has 72 valence electrons. The molecule has 1 atom stereocenters. The van der Waals surface area contributed by atoms with Crippen molar-refractivity contribution in [1.29, 1.82) is 0 Å². The molecule has 14 heavy (non-hydrogen) atoms. The number of furan rings is 1. The van der Waals surface area contributed by atoms with Crippen LogP contribution in [0, 0.1) is 0 Å². The molecule has 0 N–H and O–H groups in total. The minimum Gasteiger partial charge on any atom is -0.766 e. The Labute approximate surface area is 83.3 Å². The Morgan fingerprint density at radius 3 is 2.79 bits per heavy atom. The third-order valence-corrected chi connectivity index (χ3v) is 2.56. The first-order valence-electron chi connectivity index (χ1n) is 3.97. The smallest absolute Gasteiger partial charge is 0.185 e. The van der Waals surface area contributed by atoms with Crippen LogP contribution >= 0.6 is 0 Å². The van der Waals surface area contributed by atoms with Gasteiger partial charge in [0.1, 0.15) is 5.58 Å². The fourth-order valence-electron chi connectivity index (χ4n) is 1.36. The summed E-state index contributed by atoms with van der Waals surface area (Å²) in [4.78, 5) is 0. The van der Waals surface area contributed by atoms with E-state index in [9.17, 15) is 8.76 Å². The van der Waals surface area contributed by atoms with Crippen LogP contribution in [0.3, 0.4) is 0 Å². The van der Waals surface area contributed by atoms with E-state index in [0.29, 0.717) is 11.1 Å². The molecule has 0 amide bonds. The van der Waals surface area contributed by atoms with E-state index in [1.807, 2.05) is 6.07 Å². The Hall–Kier alpha value is -1.39. The lowest BCUT2D eigenvalue weighted by molar-refractivity contribution is 0.458. The van der Waals surface area contributed by atoms with Crippen molar-refractivity contribution in [2.45, 2.75) is 5.09 Å². The van der Waals surface area contributed by atoms with Gasteiger partial charge in [-0.1, -0.05) is 30.9 Å². The summed E-state index contributed by atoms with van der Waals surface area (Å²) in [6.07, 6.45) is 1.48. The molecule has 1 aromatic heterocycles. The van der Waals surface area contributed by atoms with Gasteiger partial charge < -0.3 is 8.97 Å². The van der Waals surface area contributed by atoms with Gasteiger partial charge in [-0.05, 0) is 6.07 Å². The van der Waals surface area contributed by atoms with E-state index >= 15 is 0 Å². The van der Waals surface area contributed by atoms with Crippen LogP contribution in [-0.2, 0) is 11.1 Å². The van der Waals surface area contributed by atoms with Crippen molar-refractivity contribution in [2.75, 3.05) is 0 Å². The number of para-hydroxylation sites is 1. The van der Waals surface area contributed by atoms with Gasteiger partial charge in [-0.25, -0.2) is 0 Å². The summed E-state index contributed by atoms with van der Waals surface area (Å²) in [7, 11) is 0. The number of benzene rings is 1. The molecule has 1 heterocycles. The van der Waals surface area contributed by atoms with Crippen LogP contribution in [0.1, 0.15) is 5.56 Å². The standard InChI is InChI=1S/C10H8O3S/c1-2-7-8-5-3-4-6-9(8)13-10(7)14(11)12/h2-6H,1H2,(H,11,12)/p-1. The van der Waals surface area contributed by atoms with E-state index in [2.05, 4.69) is 6.58 Å². The summed E-state index contributed by atoms with van der Waals surface area (Å²) in [5.74, 6) is 0. The molecule has 2 rings (SSSR count). The normalized spacial score (nSPS) is 12.9. The molecule has 0 radical (unpaired) electrons. The van der Waals surface area contributed by atoms with Gasteiger partial charge in [-0.15, -0.1) is 0 Å². The van der Waals surface area contributed by atoms with Crippen LogP contribution in [0.25, 0.3) is 17.0 Å². The van der Waals surface area contributed by atoms with Gasteiger partial charge in [-0.3, -0.25) is 4.21 Å². The lowest BCUT2D eigenvalue weighted by Gasteiger charge is -2.00. The molecule has 1 unspecified atom stereocenters. The maximum Gasteiger partial charge on any atom is 0.185 e. The van der Waals surface area contributed by atoms with E-state index in [4.69, 9.17) is 4.42 Å². The summed E-state index contributed by atoms with van der Waals surface area (Å²) in [5.41, 5.74) is 1.08. The third kappa shape index (κ3) is 1.29. The summed E-state index contributed by atoms with van der Waals surface area (Å²) in [6, 6.07) is 7.13. The molecule has 0 bridgehead atoms. The van der Waals surface area contributed by atoms with Crippen molar-refractivity contribution in [2.24, 2.45) is 0 Å². The zero-order chi connectivity index (χ0) is 10.1. The zero-order valence-corrected chi connectivity index (χ0v) is 8.04. The van der Waals surface area contributed by atoms with Crippen LogP contribution in [0.5, 0.6) is 0 Å². The third-order valence-electron chi connectivity index (χ3n) is 1.96. The minimum atomic E-state index is -2.36. The Morgan fingerprint density at radius 2 is 2.14 bits per heavy atom. The van der Waals surface area contributed by atoms with Crippen LogP contribution < -0.4 is 0 Å². The topological polar surface area (TPSA) is 53.3 Å². The highest BCUT2D eigenvalue weighted by atomic mass is 32.2. The fourth-order valence-corrected chi connectivity index (χ4v) is 1.89. The zero-order valence-electron chi connectivity index (χ0n) is 7.23. The molecular formula is C10H7O3S-. The number of hydrogen-bond acceptors (Lipinski definition) is 3. The fraction of sp³-hybridized carbons (Fsp3) is 0. The van der Waals surface area contributed by atoms with Gasteiger partial charge in [0.25, 0.3) is 0 Å². The monoisotopic (exact) mass is 207 g/mol. The van der Waals surface area contributed by atoms with Crippen molar-refractivity contribution in [1.82, 2.24) is 0 Å². The molecule has 3 nitrogen and oxygen atoms in total. The number of hydrogen-bond donors (Lipinski definition) is 0. The van der Waals surface area contributed by atoms with Crippen molar-refractivity contribution in [3.05, 3.63) is 36.4 Å². The Bertz CT molecular complexity index is 513. The lowest BCUT2D eigenvalue weighted by atomic mass is 10.2. The van der Waals surface area contributed by atoms with Crippen molar-refractivity contribution in [3.8, 4) is 0 Å². The van der Waals surface area contributed by atoms with Crippen LogP contribution in [-0.4, -0.2) is 8.76 Å². The highest BCUT2D eigenvalue weighted by molar-refractivity contribution is 7.79. The molecule has 4 heteroatoms. The van der Waals surface area contributed by atoms with Crippen molar-refractivity contribution >= 4 is 28.1 Å². The summed E-state index contributed by atoms with van der Waals surface area (Å²) >= 11 is -2.36. The van der Waals surface area contributed by atoms with Crippen LogP contribution in [0.4, 0.5) is 0 Å². The van der Waals surface area contributed by atoms with Crippen LogP contribution in [0.2, 0.25) is 0 Å². The molecule has 0 saturated carbocycles. The Morgan fingerprint density at radius 1 is 1.43 bits per heavy atom. The average Bonchev–Trinajstić information content (AvgIpc) is 2.56. The molecule has 1 aromatic carbocycles. The maximum atomic E-state index is 10.8. The van der Waals surface area contributed by atoms with E-state index in [1.54, 1.807) is 18.2 Å². The molecule has 0 spiro atoms. The van der Waals surface area contributed by atoms with Gasteiger partial charge in [0.2, 0.25) is 0 Å². The second-order valence-electron chi connectivity index (χ2n) is 2.74. The Kier molecular flexibility index (Phi) is 2.23. The molecule has 0 aliphatic carbocycles. The number of fused-ring (bicyclic) bond motifs is 1. The predicted octanol–water partition coefficient (Wildman–Crippen LogP) is 2.31. The van der Waals surface area contributed by atoms with Crippen LogP contribution in [0.15, 0.2) is 40.4 Å². The molecule has 0 aliphatic heterocycles. The second-order valence-corrected chi connectivity index (χ2v) is 3.58.